The van der Waals surface area contributed by atoms with E-state index in [0.717, 1.165) is 24.1 Å². The van der Waals surface area contributed by atoms with Gasteiger partial charge in [0.1, 0.15) is 0 Å². The molecule has 0 bridgehead atoms. The van der Waals surface area contributed by atoms with Gasteiger partial charge in [-0.25, -0.2) is 0 Å². The normalized spacial score (nSPS) is 10.9. The first-order chi connectivity index (χ1) is 7.26. The molecule has 0 saturated carbocycles. The van der Waals surface area contributed by atoms with Gasteiger partial charge in [-0.2, -0.15) is 0 Å². The Morgan fingerprint density at radius 3 is 2.33 bits per heavy atom. The van der Waals surface area contributed by atoms with Gasteiger partial charge in [0.25, 0.3) is 0 Å². The zero-order valence-electron chi connectivity index (χ0n) is 8.82. The molecule has 3 nitrogen and oxygen atoms in total. The van der Waals surface area contributed by atoms with Gasteiger partial charge in [0.15, 0.2) is 0 Å². The Labute approximate surface area is 99.6 Å². The van der Waals surface area contributed by atoms with Crippen LogP contribution >= 0.6 is 15.9 Å². The summed E-state index contributed by atoms with van der Waals surface area (Å²) >= 11 is 3.46. The van der Waals surface area contributed by atoms with Crippen LogP contribution in [-0.2, 0) is 6.54 Å². The van der Waals surface area contributed by atoms with Crippen LogP contribution in [0.25, 0.3) is 0 Å². The molecule has 0 heterocycles. The monoisotopic (exact) mass is 271 g/mol. The van der Waals surface area contributed by atoms with Crippen LogP contribution in [-0.4, -0.2) is 31.1 Å². The Balaban J connectivity index is 2.56. The van der Waals surface area contributed by atoms with Gasteiger partial charge in [-0.1, -0.05) is 28.1 Å². The van der Waals surface area contributed by atoms with Crippen molar-refractivity contribution in [3.63, 3.8) is 0 Å². The molecular weight excluding hydrogens is 254 g/mol. The van der Waals surface area contributed by atoms with Gasteiger partial charge in [0, 0.05) is 37.2 Å². The molecule has 0 fully saturated rings. The quantitative estimate of drug-likeness (QED) is 0.817. The smallest absolute Gasteiger partial charge is 0.0235 e. The van der Waals surface area contributed by atoms with E-state index < -0.39 is 0 Å². The molecule has 0 amide bonds. The van der Waals surface area contributed by atoms with Crippen LogP contribution in [0, 0.1) is 0 Å². The van der Waals surface area contributed by atoms with Crippen LogP contribution in [0.2, 0.25) is 0 Å². The fraction of sp³-hybridized carbons (Fsp3) is 0.455. The summed E-state index contributed by atoms with van der Waals surface area (Å²) in [6.45, 7) is 4.04. The van der Waals surface area contributed by atoms with Crippen LogP contribution in [0.15, 0.2) is 28.7 Å². The van der Waals surface area contributed by atoms with E-state index in [2.05, 4.69) is 33.0 Å². The van der Waals surface area contributed by atoms with E-state index in [1.807, 2.05) is 12.1 Å². The molecule has 1 aromatic rings. The Bertz CT molecular complexity index is 285. The first-order valence-electron chi connectivity index (χ1n) is 5.13. The third-order valence-electron chi connectivity index (χ3n) is 2.19. The molecule has 0 aliphatic carbocycles. The average Bonchev–Trinajstić information content (AvgIpc) is 2.18. The molecular formula is C11H18BrN3. The highest BCUT2D eigenvalue weighted by Crippen LogP contribution is 2.13. The molecule has 0 aromatic heterocycles. The molecule has 0 unspecified atom stereocenters. The summed E-state index contributed by atoms with van der Waals surface area (Å²) < 4.78 is 1.11. The van der Waals surface area contributed by atoms with Gasteiger partial charge in [0.05, 0.1) is 0 Å². The zero-order valence-corrected chi connectivity index (χ0v) is 10.4. The van der Waals surface area contributed by atoms with Gasteiger partial charge in [0.2, 0.25) is 0 Å². The topological polar surface area (TPSA) is 55.3 Å². The number of benzene rings is 1. The number of rotatable bonds is 6. The summed E-state index contributed by atoms with van der Waals surface area (Å²) in [6, 6.07) is 8.31. The van der Waals surface area contributed by atoms with Crippen molar-refractivity contribution in [3.05, 3.63) is 34.3 Å². The number of nitrogens with two attached hydrogens (primary N) is 2. The lowest BCUT2D eigenvalue weighted by Gasteiger charge is -2.20. The summed E-state index contributed by atoms with van der Waals surface area (Å²) in [5.41, 5.74) is 12.4. The molecule has 0 aliphatic rings. The first-order valence-corrected chi connectivity index (χ1v) is 5.92. The maximum atomic E-state index is 5.55. The fourth-order valence-corrected chi connectivity index (χ4v) is 1.98. The first kappa shape index (κ1) is 12.6. The number of halogens is 1. The van der Waals surface area contributed by atoms with E-state index in [9.17, 15) is 0 Å². The Hall–Kier alpha value is -0.420. The van der Waals surface area contributed by atoms with Gasteiger partial charge in [-0.3, -0.25) is 4.90 Å². The Morgan fingerprint density at radius 2 is 1.80 bits per heavy atom. The van der Waals surface area contributed by atoms with Crippen molar-refractivity contribution < 1.29 is 0 Å². The van der Waals surface area contributed by atoms with Crippen molar-refractivity contribution in [2.45, 2.75) is 6.54 Å². The second kappa shape index (κ2) is 6.95. The molecule has 0 atom stereocenters. The maximum absolute atomic E-state index is 5.55. The fourth-order valence-electron chi connectivity index (χ4n) is 1.53. The summed E-state index contributed by atoms with van der Waals surface area (Å²) in [4.78, 5) is 2.27. The molecule has 4 heteroatoms. The minimum Gasteiger partial charge on any atom is -0.329 e. The van der Waals surface area contributed by atoms with Crippen molar-refractivity contribution in [1.82, 2.24) is 4.90 Å². The molecule has 0 aliphatic heterocycles. The third-order valence-corrected chi connectivity index (χ3v) is 2.68. The lowest BCUT2D eigenvalue weighted by atomic mass is 10.2. The molecule has 15 heavy (non-hydrogen) atoms. The highest BCUT2D eigenvalue weighted by molar-refractivity contribution is 9.10. The molecule has 0 spiro atoms. The standard InChI is InChI=1S/C11H18BrN3/c12-11-3-1-2-10(8-11)9-15(6-4-13)7-5-14/h1-3,8H,4-7,9,13-14H2. The van der Waals surface area contributed by atoms with Gasteiger partial charge >= 0.3 is 0 Å². The van der Waals surface area contributed by atoms with E-state index in [-0.39, 0.29) is 0 Å². The van der Waals surface area contributed by atoms with Crippen molar-refractivity contribution in [3.8, 4) is 0 Å². The lowest BCUT2D eigenvalue weighted by Crippen LogP contribution is -2.33. The number of hydrogen-bond acceptors (Lipinski definition) is 3. The van der Waals surface area contributed by atoms with Crippen molar-refractivity contribution in [1.29, 1.82) is 0 Å². The largest absolute Gasteiger partial charge is 0.329 e. The number of nitrogens with zero attached hydrogens (tertiary/aromatic N) is 1. The van der Waals surface area contributed by atoms with E-state index in [1.165, 1.54) is 5.56 Å². The van der Waals surface area contributed by atoms with E-state index in [1.54, 1.807) is 0 Å². The summed E-state index contributed by atoms with van der Waals surface area (Å²) in [5.74, 6) is 0. The van der Waals surface area contributed by atoms with E-state index >= 15 is 0 Å². The molecule has 84 valence electrons. The molecule has 1 rings (SSSR count). The minimum absolute atomic E-state index is 0.675. The van der Waals surface area contributed by atoms with Crippen molar-refractivity contribution in [2.75, 3.05) is 26.2 Å². The van der Waals surface area contributed by atoms with Crippen LogP contribution in [0.1, 0.15) is 5.56 Å². The molecule has 4 N–H and O–H groups in total. The molecule has 0 radical (unpaired) electrons. The van der Waals surface area contributed by atoms with Gasteiger partial charge < -0.3 is 11.5 Å². The van der Waals surface area contributed by atoms with Gasteiger partial charge in [-0.05, 0) is 17.7 Å². The molecule has 0 saturated heterocycles. The predicted octanol–water partition coefficient (Wildman–Crippen LogP) is 1.17. The maximum Gasteiger partial charge on any atom is 0.0235 e. The van der Waals surface area contributed by atoms with E-state index in [0.29, 0.717) is 13.1 Å². The van der Waals surface area contributed by atoms with Crippen molar-refractivity contribution >= 4 is 15.9 Å². The predicted molar refractivity (Wildman–Crippen MR) is 67.5 cm³/mol. The van der Waals surface area contributed by atoms with Crippen LogP contribution in [0.3, 0.4) is 0 Å². The lowest BCUT2D eigenvalue weighted by molar-refractivity contribution is 0.281. The summed E-state index contributed by atoms with van der Waals surface area (Å²) in [5, 5.41) is 0. The van der Waals surface area contributed by atoms with E-state index in [4.69, 9.17) is 11.5 Å². The second-order valence-electron chi connectivity index (χ2n) is 3.48. The van der Waals surface area contributed by atoms with Crippen LogP contribution < -0.4 is 11.5 Å². The van der Waals surface area contributed by atoms with Gasteiger partial charge in [-0.15, -0.1) is 0 Å². The second-order valence-corrected chi connectivity index (χ2v) is 4.40. The Morgan fingerprint density at radius 1 is 1.13 bits per heavy atom. The minimum atomic E-state index is 0.675. The number of hydrogen-bond donors (Lipinski definition) is 2. The zero-order chi connectivity index (χ0) is 11.1. The Kier molecular flexibility index (Phi) is 5.86. The van der Waals surface area contributed by atoms with Crippen LogP contribution in [0.4, 0.5) is 0 Å². The van der Waals surface area contributed by atoms with Crippen molar-refractivity contribution in [2.24, 2.45) is 11.5 Å². The summed E-state index contributed by atoms with van der Waals surface area (Å²) in [6.07, 6.45) is 0. The highest BCUT2D eigenvalue weighted by atomic mass is 79.9. The highest BCUT2D eigenvalue weighted by Gasteiger charge is 2.03. The molecule has 1 aromatic carbocycles. The average molecular weight is 272 g/mol. The van der Waals surface area contributed by atoms with Crippen LogP contribution in [0.5, 0.6) is 0 Å². The SMILES string of the molecule is NCCN(CCN)Cc1cccc(Br)c1. The third kappa shape index (κ3) is 4.75. The summed E-state index contributed by atoms with van der Waals surface area (Å²) in [7, 11) is 0.